The standard InChI is InChI=1S/C18H15F2N3O2S2/c1-10(16(24)11-6-7-14(19)15(20)8-11)26-18-23-22-17(27-18)21-12-4-3-5-13(9-12)25-2/h3-10H,1-2H3,(H,21,22)/t10-/m1/s1. The molecule has 2 aromatic carbocycles. The van der Waals surface area contributed by atoms with Crippen molar-refractivity contribution in [3.8, 4) is 5.75 Å². The molecule has 5 nitrogen and oxygen atoms in total. The molecular formula is C18H15F2N3O2S2. The quantitative estimate of drug-likeness (QED) is 0.442. The van der Waals surface area contributed by atoms with Crippen LogP contribution in [0.2, 0.25) is 0 Å². The fourth-order valence-corrected chi connectivity index (χ4v) is 4.21. The predicted octanol–water partition coefficient (Wildman–Crippen LogP) is 4.93. The molecule has 1 N–H and O–H groups in total. The van der Waals surface area contributed by atoms with Gasteiger partial charge in [0.25, 0.3) is 0 Å². The lowest BCUT2D eigenvalue weighted by atomic mass is 10.1. The summed E-state index contributed by atoms with van der Waals surface area (Å²) in [4.78, 5) is 12.4. The van der Waals surface area contributed by atoms with Crippen molar-refractivity contribution in [1.82, 2.24) is 10.2 Å². The molecule has 1 aromatic heterocycles. The van der Waals surface area contributed by atoms with Crippen molar-refractivity contribution in [3.05, 3.63) is 59.7 Å². The molecule has 0 spiro atoms. The fraction of sp³-hybridized carbons (Fsp3) is 0.167. The Morgan fingerprint density at radius 2 is 2.00 bits per heavy atom. The molecule has 0 radical (unpaired) electrons. The van der Waals surface area contributed by atoms with Crippen molar-refractivity contribution in [2.75, 3.05) is 12.4 Å². The molecule has 3 aromatic rings. The minimum Gasteiger partial charge on any atom is -0.497 e. The van der Waals surface area contributed by atoms with E-state index >= 15 is 0 Å². The number of ketones is 1. The predicted molar refractivity (Wildman–Crippen MR) is 102 cm³/mol. The Hall–Kier alpha value is -2.52. The summed E-state index contributed by atoms with van der Waals surface area (Å²) in [5.74, 6) is -1.62. The number of benzene rings is 2. The van der Waals surface area contributed by atoms with Crippen LogP contribution in [-0.4, -0.2) is 28.3 Å². The van der Waals surface area contributed by atoms with Gasteiger partial charge in [0, 0.05) is 17.3 Å². The van der Waals surface area contributed by atoms with Gasteiger partial charge in [0.2, 0.25) is 5.13 Å². The molecule has 9 heteroatoms. The molecule has 0 aliphatic rings. The highest BCUT2D eigenvalue weighted by Gasteiger charge is 2.20. The minimum atomic E-state index is -1.04. The Bertz CT molecular complexity index is 965. The monoisotopic (exact) mass is 407 g/mol. The van der Waals surface area contributed by atoms with Gasteiger partial charge in [-0.05, 0) is 37.3 Å². The number of nitrogens with one attached hydrogen (secondary N) is 1. The molecule has 0 bridgehead atoms. The number of Topliss-reactive ketones (excluding diaryl/α,β-unsaturated/α-hetero) is 1. The highest BCUT2D eigenvalue weighted by Crippen LogP contribution is 2.32. The van der Waals surface area contributed by atoms with Gasteiger partial charge in [0.15, 0.2) is 21.8 Å². The van der Waals surface area contributed by atoms with Crippen LogP contribution in [0.1, 0.15) is 17.3 Å². The average molecular weight is 407 g/mol. The van der Waals surface area contributed by atoms with E-state index in [1.54, 1.807) is 14.0 Å². The maximum atomic E-state index is 13.3. The Morgan fingerprint density at radius 3 is 2.74 bits per heavy atom. The summed E-state index contributed by atoms with van der Waals surface area (Å²) < 4.78 is 32.1. The fourth-order valence-electron chi connectivity index (χ4n) is 2.22. The van der Waals surface area contributed by atoms with E-state index in [2.05, 4.69) is 15.5 Å². The van der Waals surface area contributed by atoms with Crippen molar-refractivity contribution < 1.29 is 18.3 Å². The number of methoxy groups -OCH3 is 1. The normalized spacial score (nSPS) is 11.9. The van der Waals surface area contributed by atoms with Crippen molar-refractivity contribution in [2.45, 2.75) is 16.5 Å². The first kappa shape index (κ1) is 19.2. The van der Waals surface area contributed by atoms with Gasteiger partial charge in [-0.2, -0.15) is 0 Å². The smallest absolute Gasteiger partial charge is 0.210 e. The first-order valence-electron chi connectivity index (χ1n) is 7.87. The number of anilines is 2. The highest BCUT2D eigenvalue weighted by atomic mass is 32.2. The van der Waals surface area contributed by atoms with E-state index < -0.39 is 16.9 Å². The van der Waals surface area contributed by atoms with Gasteiger partial charge in [0.05, 0.1) is 12.4 Å². The first-order chi connectivity index (χ1) is 13.0. The maximum Gasteiger partial charge on any atom is 0.210 e. The third-order valence-electron chi connectivity index (χ3n) is 3.58. The number of ether oxygens (including phenoxy) is 1. The summed E-state index contributed by atoms with van der Waals surface area (Å²) in [7, 11) is 1.59. The summed E-state index contributed by atoms with van der Waals surface area (Å²) in [6.07, 6.45) is 0. The van der Waals surface area contributed by atoms with Crippen LogP contribution in [0.4, 0.5) is 19.6 Å². The summed E-state index contributed by atoms with van der Waals surface area (Å²) in [6.45, 7) is 1.69. The minimum absolute atomic E-state index is 0.119. The lowest BCUT2D eigenvalue weighted by Crippen LogP contribution is -2.13. The van der Waals surface area contributed by atoms with Crippen molar-refractivity contribution in [2.24, 2.45) is 0 Å². The Labute approximate surface area is 162 Å². The van der Waals surface area contributed by atoms with E-state index in [1.165, 1.54) is 29.2 Å². The second-order valence-electron chi connectivity index (χ2n) is 5.48. The molecule has 0 fully saturated rings. The topological polar surface area (TPSA) is 64.1 Å². The van der Waals surface area contributed by atoms with Gasteiger partial charge < -0.3 is 10.1 Å². The van der Waals surface area contributed by atoms with Gasteiger partial charge in [-0.25, -0.2) is 8.78 Å². The van der Waals surface area contributed by atoms with Crippen LogP contribution < -0.4 is 10.1 Å². The van der Waals surface area contributed by atoms with Crippen LogP contribution >= 0.6 is 23.1 Å². The van der Waals surface area contributed by atoms with E-state index in [0.29, 0.717) is 15.2 Å². The van der Waals surface area contributed by atoms with Crippen LogP contribution in [0.5, 0.6) is 5.75 Å². The number of thioether (sulfide) groups is 1. The molecule has 27 heavy (non-hydrogen) atoms. The molecule has 1 atom stereocenters. The van der Waals surface area contributed by atoms with Gasteiger partial charge in [0.1, 0.15) is 5.75 Å². The van der Waals surface area contributed by atoms with E-state index in [1.807, 2.05) is 24.3 Å². The lowest BCUT2D eigenvalue weighted by molar-refractivity contribution is 0.0993. The van der Waals surface area contributed by atoms with Gasteiger partial charge in [-0.1, -0.05) is 29.2 Å². The first-order valence-corrected chi connectivity index (χ1v) is 9.56. The molecule has 0 saturated carbocycles. The molecule has 1 heterocycles. The number of hydrogen-bond donors (Lipinski definition) is 1. The number of carbonyl (C=O) groups excluding carboxylic acids is 1. The third-order valence-corrected chi connectivity index (χ3v) is 5.60. The highest BCUT2D eigenvalue weighted by molar-refractivity contribution is 8.02. The van der Waals surface area contributed by atoms with Crippen molar-refractivity contribution >= 4 is 39.7 Å². The van der Waals surface area contributed by atoms with E-state index in [-0.39, 0.29) is 11.3 Å². The molecule has 3 rings (SSSR count). The molecule has 0 amide bonds. The van der Waals surface area contributed by atoms with Crippen LogP contribution in [0.25, 0.3) is 0 Å². The molecule has 0 unspecified atom stereocenters. The second kappa shape index (κ2) is 8.45. The zero-order valence-electron chi connectivity index (χ0n) is 14.4. The lowest BCUT2D eigenvalue weighted by Gasteiger charge is -2.08. The zero-order valence-corrected chi connectivity index (χ0v) is 16.0. The van der Waals surface area contributed by atoms with Crippen LogP contribution in [0.15, 0.2) is 46.8 Å². The van der Waals surface area contributed by atoms with Gasteiger partial charge in [-0.3, -0.25) is 4.79 Å². The Morgan fingerprint density at radius 1 is 1.19 bits per heavy atom. The average Bonchev–Trinajstić information content (AvgIpc) is 3.10. The number of carbonyl (C=O) groups is 1. The largest absolute Gasteiger partial charge is 0.497 e. The Kier molecular flexibility index (Phi) is 6.02. The second-order valence-corrected chi connectivity index (χ2v) is 8.05. The number of hydrogen-bond acceptors (Lipinski definition) is 7. The maximum absolute atomic E-state index is 13.3. The van der Waals surface area contributed by atoms with Crippen LogP contribution in [-0.2, 0) is 0 Å². The van der Waals surface area contributed by atoms with Crippen LogP contribution in [0, 0.1) is 11.6 Å². The molecule has 0 saturated heterocycles. The zero-order chi connectivity index (χ0) is 19.4. The summed E-state index contributed by atoms with van der Waals surface area (Å²) in [5.41, 5.74) is 0.918. The van der Waals surface area contributed by atoms with Gasteiger partial charge >= 0.3 is 0 Å². The van der Waals surface area contributed by atoms with Gasteiger partial charge in [-0.15, -0.1) is 10.2 Å². The molecule has 0 aliphatic carbocycles. The molecule has 0 aliphatic heterocycles. The number of rotatable bonds is 7. The summed E-state index contributed by atoms with van der Waals surface area (Å²) in [5, 5.41) is 11.3. The number of aromatic nitrogens is 2. The number of nitrogens with zero attached hydrogens (tertiary/aromatic N) is 2. The Balaban J connectivity index is 1.65. The number of halogens is 2. The van der Waals surface area contributed by atoms with E-state index in [4.69, 9.17) is 4.74 Å². The SMILES string of the molecule is COc1cccc(Nc2nnc(S[C@H](C)C(=O)c3ccc(F)c(F)c3)s2)c1. The van der Waals surface area contributed by atoms with E-state index in [9.17, 15) is 13.6 Å². The van der Waals surface area contributed by atoms with Crippen LogP contribution in [0.3, 0.4) is 0 Å². The van der Waals surface area contributed by atoms with Crippen molar-refractivity contribution in [1.29, 1.82) is 0 Å². The van der Waals surface area contributed by atoms with Crippen molar-refractivity contribution in [3.63, 3.8) is 0 Å². The molecular weight excluding hydrogens is 392 g/mol. The summed E-state index contributed by atoms with van der Waals surface area (Å²) >= 11 is 2.50. The summed E-state index contributed by atoms with van der Waals surface area (Å²) in [6, 6.07) is 10.5. The van der Waals surface area contributed by atoms with E-state index in [0.717, 1.165) is 17.8 Å². The third kappa shape index (κ3) is 4.81. The molecule has 140 valence electrons.